The Bertz CT molecular complexity index is 888. The van der Waals surface area contributed by atoms with E-state index in [0.29, 0.717) is 12.6 Å². The number of rotatable bonds is 10. The van der Waals surface area contributed by atoms with E-state index in [0.717, 1.165) is 44.1 Å². The minimum Gasteiger partial charge on any atom is -0.355 e. The lowest BCUT2D eigenvalue weighted by Gasteiger charge is -2.19. The van der Waals surface area contributed by atoms with E-state index < -0.39 is 0 Å². The maximum atomic E-state index is 4.80. The van der Waals surface area contributed by atoms with Crippen molar-refractivity contribution in [2.24, 2.45) is 4.99 Å². The van der Waals surface area contributed by atoms with Gasteiger partial charge in [0.25, 0.3) is 0 Å². The van der Waals surface area contributed by atoms with Gasteiger partial charge in [0.05, 0.1) is 6.54 Å². The Hall–Kier alpha value is -3.15. The van der Waals surface area contributed by atoms with E-state index in [1.165, 1.54) is 11.1 Å². The lowest BCUT2D eigenvalue weighted by Crippen LogP contribution is -2.43. The largest absolute Gasteiger partial charge is 0.355 e. The molecule has 0 saturated carbocycles. The number of benzene rings is 2. The molecule has 1 heterocycles. The molecule has 0 radical (unpaired) electrons. The molecule has 1 unspecified atom stereocenters. The van der Waals surface area contributed by atoms with Gasteiger partial charge in [0.2, 0.25) is 0 Å². The zero-order valence-corrected chi connectivity index (χ0v) is 18.0. The third-order valence-electron chi connectivity index (χ3n) is 5.01. The highest BCUT2D eigenvalue weighted by Gasteiger charge is 2.07. The molecular weight excluding hydrogens is 372 g/mol. The van der Waals surface area contributed by atoms with Crippen molar-refractivity contribution in [2.75, 3.05) is 6.54 Å². The van der Waals surface area contributed by atoms with Gasteiger partial charge in [-0.15, -0.1) is 10.2 Å². The van der Waals surface area contributed by atoms with E-state index in [1.807, 2.05) is 18.2 Å². The Morgan fingerprint density at radius 3 is 2.43 bits per heavy atom. The van der Waals surface area contributed by atoms with E-state index >= 15 is 0 Å². The van der Waals surface area contributed by atoms with Crippen LogP contribution in [0.3, 0.4) is 0 Å². The predicted octanol–water partition coefficient (Wildman–Crippen LogP) is 3.60. The molecule has 2 aromatic carbocycles. The van der Waals surface area contributed by atoms with E-state index in [2.05, 4.69) is 81.7 Å². The van der Waals surface area contributed by atoms with Crippen LogP contribution >= 0.6 is 0 Å². The Labute approximate surface area is 179 Å². The van der Waals surface area contributed by atoms with Crippen molar-refractivity contribution >= 4 is 5.96 Å². The average Bonchev–Trinajstić information content (AvgIpc) is 3.25. The van der Waals surface area contributed by atoms with Gasteiger partial charge in [-0.05, 0) is 30.9 Å². The molecule has 6 nitrogen and oxygen atoms in total. The Morgan fingerprint density at radius 2 is 1.73 bits per heavy atom. The van der Waals surface area contributed by atoms with Crippen molar-refractivity contribution in [1.29, 1.82) is 0 Å². The van der Waals surface area contributed by atoms with Crippen molar-refractivity contribution in [2.45, 2.75) is 52.2 Å². The van der Waals surface area contributed by atoms with Crippen molar-refractivity contribution in [3.8, 4) is 0 Å². The van der Waals surface area contributed by atoms with E-state index in [4.69, 9.17) is 4.99 Å². The summed E-state index contributed by atoms with van der Waals surface area (Å²) in [5.74, 6) is 1.84. The third kappa shape index (κ3) is 7.03. The molecule has 0 fully saturated rings. The molecule has 0 bridgehead atoms. The van der Waals surface area contributed by atoms with Crippen molar-refractivity contribution < 1.29 is 0 Å². The predicted molar refractivity (Wildman–Crippen MR) is 122 cm³/mol. The molecule has 3 rings (SSSR count). The number of hydrogen-bond acceptors (Lipinski definition) is 3. The van der Waals surface area contributed by atoms with Crippen LogP contribution in [-0.2, 0) is 25.9 Å². The van der Waals surface area contributed by atoms with Gasteiger partial charge < -0.3 is 15.2 Å². The minimum atomic E-state index is 0.313. The fourth-order valence-corrected chi connectivity index (χ4v) is 3.27. The molecule has 158 valence electrons. The first kappa shape index (κ1) is 21.6. The van der Waals surface area contributed by atoms with Gasteiger partial charge in [-0.2, -0.15) is 0 Å². The monoisotopic (exact) mass is 404 g/mol. The molecule has 0 aliphatic carbocycles. The summed E-state index contributed by atoms with van der Waals surface area (Å²) in [7, 11) is 0. The van der Waals surface area contributed by atoms with Gasteiger partial charge in [0.15, 0.2) is 5.96 Å². The lowest BCUT2D eigenvalue weighted by atomic mass is 10.1. The summed E-state index contributed by atoms with van der Waals surface area (Å²) in [5.41, 5.74) is 2.56. The number of hydrogen-bond donors (Lipinski definition) is 2. The Kier molecular flexibility index (Phi) is 8.45. The lowest BCUT2D eigenvalue weighted by molar-refractivity contribution is 0.580. The molecule has 3 aromatic rings. The highest BCUT2D eigenvalue weighted by molar-refractivity contribution is 5.80. The van der Waals surface area contributed by atoms with Crippen molar-refractivity contribution in [1.82, 2.24) is 25.4 Å². The van der Waals surface area contributed by atoms with Crippen LogP contribution in [-0.4, -0.2) is 33.3 Å². The first-order valence-electron chi connectivity index (χ1n) is 10.7. The van der Waals surface area contributed by atoms with Crippen LogP contribution < -0.4 is 10.6 Å². The third-order valence-corrected chi connectivity index (χ3v) is 5.01. The second-order valence-corrected chi connectivity index (χ2v) is 7.44. The summed E-state index contributed by atoms with van der Waals surface area (Å²) in [4.78, 5) is 4.80. The number of aryl methyl sites for hydroxylation is 2. The van der Waals surface area contributed by atoms with Gasteiger partial charge in [-0.25, -0.2) is 4.99 Å². The molecule has 30 heavy (non-hydrogen) atoms. The number of aromatic nitrogens is 3. The van der Waals surface area contributed by atoms with Crippen LogP contribution in [0.15, 0.2) is 72.0 Å². The standard InChI is InChI=1S/C24H32N6/c1-3-23-29-27-19-30(23)17-16-25-24(26-18-22-12-8-5-9-13-22)28-20(2)14-15-21-10-6-4-7-11-21/h4-13,19-20H,3,14-18H2,1-2H3,(H2,25,26,28). The summed E-state index contributed by atoms with van der Waals surface area (Å²) >= 11 is 0. The molecule has 0 amide bonds. The normalized spacial score (nSPS) is 12.5. The van der Waals surface area contributed by atoms with Crippen LogP contribution in [0.1, 0.15) is 37.2 Å². The highest BCUT2D eigenvalue weighted by Crippen LogP contribution is 2.05. The fraction of sp³-hybridized carbons (Fsp3) is 0.375. The SMILES string of the molecule is CCc1nncn1CCNC(=NCc1ccccc1)NC(C)CCc1ccccc1. The molecule has 2 N–H and O–H groups in total. The van der Waals surface area contributed by atoms with Gasteiger partial charge >= 0.3 is 0 Å². The maximum Gasteiger partial charge on any atom is 0.191 e. The van der Waals surface area contributed by atoms with Crippen molar-refractivity contribution in [3.63, 3.8) is 0 Å². The van der Waals surface area contributed by atoms with Crippen molar-refractivity contribution in [3.05, 3.63) is 83.9 Å². The smallest absolute Gasteiger partial charge is 0.191 e. The molecule has 1 aromatic heterocycles. The molecule has 0 spiro atoms. The summed E-state index contributed by atoms with van der Waals surface area (Å²) in [6.45, 7) is 6.51. The molecular formula is C24H32N6. The van der Waals surface area contributed by atoms with E-state index in [-0.39, 0.29) is 0 Å². The summed E-state index contributed by atoms with van der Waals surface area (Å²) in [5, 5.41) is 15.2. The van der Waals surface area contributed by atoms with Crippen LogP contribution in [0.2, 0.25) is 0 Å². The molecule has 1 atom stereocenters. The first-order valence-corrected chi connectivity index (χ1v) is 10.7. The number of guanidine groups is 1. The quantitative estimate of drug-likeness (QED) is 0.400. The molecule has 0 saturated heterocycles. The highest BCUT2D eigenvalue weighted by atomic mass is 15.3. The molecule has 6 heteroatoms. The average molecular weight is 405 g/mol. The van der Waals surface area contributed by atoms with E-state index in [9.17, 15) is 0 Å². The van der Waals surface area contributed by atoms with Crippen LogP contribution in [0.25, 0.3) is 0 Å². The second kappa shape index (κ2) is 11.8. The zero-order valence-electron chi connectivity index (χ0n) is 18.0. The number of nitrogens with zero attached hydrogens (tertiary/aromatic N) is 4. The van der Waals surface area contributed by atoms with Crippen LogP contribution in [0.5, 0.6) is 0 Å². The maximum absolute atomic E-state index is 4.80. The topological polar surface area (TPSA) is 67.1 Å². The summed E-state index contributed by atoms with van der Waals surface area (Å²) < 4.78 is 2.08. The summed E-state index contributed by atoms with van der Waals surface area (Å²) in [6.07, 6.45) is 4.75. The minimum absolute atomic E-state index is 0.313. The Balaban J connectivity index is 1.56. The first-order chi connectivity index (χ1) is 14.7. The fourth-order valence-electron chi connectivity index (χ4n) is 3.27. The summed E-state index contributed by atoms with van der Waals surface area (Å²) in [6, 6.07) is 21.2. The van der Waals surface area contributed by atoms with Crippen LogP contribution in [0, 0.1) is 0 Å². The van der Waals surface area contributed by atoms with Gasteiger partial charge in [-0.3, -0.25) is 0 Å². The van der Waals surface area contributed by atoms with Gasteiger partial charge in [0, 0.05) is 25.6 Å². The molecule has 0 aliphatic heterocycles. The zero-order chi connectivity index (χ0) is 21.0. The Morgan fingerprint density at radius 1 is 1.03 bits per heavy atom. The number of nitrogens with one attached hydrogen (secondary N) is 2. The second-order valence-electron chi connectivity index (χ2n) is 7.44. The van der Waals surface area contributed by atoms with Crippen LogP contribution in [0.4, 0.5) is 0 Å². The number of aliphatic imine (C=N–C) groups is 1. The molecule has 0 aliphatic rings. The van der Waals surface area contributed by atoms with Gasteiger partial charge in [0.1, 0.15) is 12.2 Å². The van der Waals surface area contributed by atoms with E-state index in [1.54, 1.807) is 6.33 Å². The van der Waals surface area contributed by atoms with Gasteiger partial charge in [-0.1, -0.05) is 67.6 Å².